The number of amides is 2. The molecule has 4 heterocycles. The van der Waals surface area contributed by atoms with Crippen LogP contribution in [0.3, 0.4) is 0 Å². The summed E-state index contributed by atoms with van der Waals surface area (Å²) in [5, 5.41) is 11.4. The molecule has 3 N–H and O–H groups in total. The fourth-order valence-electron chi connectivity index (χ4n) is 3.37. The van der Waals surface area contributed by atoms with E-state index < -0.39 is 30.0 Å². The molecule has 0 saturated heterocycles. The van der Waals surface area contributed by atoms with Crippen LogP contribution in [-0.2, 0) is 11.8 Å². The van der Waals surface area contributed by atoms with Gasteiger partial charge in [0.05, 0.1) is 22.6 Å². The zero-order valence-corrected chi connectivity index (χ0v) is 20.0. The van der Waals surface area contributed by atoms with Crippen LogP contribution in [0.1, 0.15) is 40.5 Å². The van der Waals surface area contributed by atoms with Crippen molar-refractivity contribution in [1.82, 2.24) is 24.5 Å². The van der Waals surface area contributed by atoms with Gasteiger partial charge in [-0.25, -0.2) is 13.8 Å². The van der Waals surface area contributed by atoms with Crippen LogP contribution < -0.4 is 11.1 Å². The molecule has 0 aliphatic rings. The van der Waals surface area contributed by atoms with Crippen LogP contribution in [-0.4, -0.2) is 36.4 Å². The lowest BCUT2D eigenvalue weighted by atomic mass is 10.0. The molecule has 1 atom stereocenters. The number of hydrogen-bond acceptors (Lipinski definition) is 6. The summed E-state index contributed by atoms with van der Waals surface area (Å²) in [5.74, 6) is -1.28. The van der Waals surface area contributed by atoms with E-state index in [2.05, 4.69) is 36.4 Å². The third kappa shape index (κ3) is 4.13. The van der Waals surface area contributed by atoms with Crippen LogP contribution in [0.15, 0.2) is 29.1 Å². The van der Waals surface area contributed by atoms with E-state index in [0.717, 1.165) is 11.3 Å². The molecule has 33 heavy (non-hydrogen) atoms. The Kier molecular flexibility index (Phi) is 6.01. The summed E-state index contributed by atoms with van der Waals surface area (Å²) >= 11 is 4.13. The van der Waals surface area contributed by atoms with Gasteiger partial charge in [-0.05, 0) is 41.4 Å². The Balaban J connectivity index is 1.92. The second kappa shape index (κ2) is 8.63. The number of hydrogen-bond donors (Lipinski definition) is 2. The number of thiophene rings is 1. The minimum atomic E-state index is -2.83. The van der Waals surface area contributed by atoms with E-state index in [0.29, 0.717) is 26.7 Å². The molecular weight excluding hydrogens is 520 g/mol. The van der Waals surface area contributed by atoms with Gasteiger partial charge >= 0.3 is 0 Å². The summed E-state index contributed by atoms with van der Waals surface area (Å²) in [6.45, 7) is 3.42. The molecule has 0 radical (unpaired) electrons. The lowest BCUT2D eigenvalue weighted by Crippen LogP contribution is -2.25. The van der Waals surface area contributed by atoms with Gasteiger partial charge in [0.25, 0.3) is 12.3 Å². The summed E-state index contributed by atoms with van der Waals surface area (Å²) in [6, 6.07) is 0.516. The zero-order valence-electron chi connectivity index (χ0n) is 17.6. The summed E-state index contributed by atoms with van der Waals surface area (Å²) in [4.78, 5) is 29.5. The second-order valence-electron chi connectivity index (χ2n) is 7.32. The molecule has 0 aliphatic carbocycles. The Morgan fingerprint density at radius 1 is 1.24 bits per heavy atom. The molecule has 0 saturated carbocycles. The van der Waals surface area contributed by atoms with Gasteiger partial charge in [-0.15, -0.1) is 11.3 Å². The van der Waals surface area contributed by atoms with Crippen LogP contribution in [0.25, 0.3) is 21.3 Å². The molecular formula is C20H18BrF2N7O2S. The van der Waals surface area contributed by atoms with Crippen molar-refractivity contribution in [2.24, 2.45) is 12.8 Å². The van der Waals surface area contributed by atoms with Crippen LogP contribution in [0.4, 0.5) is 14.5 Å². The summed E-state index contributed by atoms with van der Waals surface area (Å²) in [7, 11) is 1.72. The molecule has 0 aliphatic heterocycles. The van der Waals surface area contributed by atoms with Crippen LogP contribution in [0.2, 0.25) is 0 Å². The number of anilines is 1. The zero-order chi connectivity index (χ0) is 24.0. The van der Waals surface area contributed by atoms with E-state index in [1.54, 1.807) is 31.8 Å². The highest BCUT2D eigenvalue weighted by molar-refractivity contribution is 9.10. The van der Waals surface area contributed by atoms with Crippen molar-refractivity contribution in [3.05, 3.63) is 45.4 Å². The first-order chi connectivity index (χ1) is 15.6. The van der Waals surface area contributed by atoms with Gasteiger partial charge in [-0.3, -0.25) is 19.0 Å². The number of halogens is 3. The van der Waals surface area contributed by atoms with Crippen LogP contribution in [0.5, 0.6) is 0 Å². The predicted molar refractivity (Wildman–Crippen MR) is 123 cm³/mol. The average Bonchev–Trinajstić information content (AvgIpc) is 3.45. The Labute approximate surface area is 198 Å². The summed E-state index contributed by atoms with van der Waals surface area (Å²) in [5.41, 5.74) is 6.89. The summed E-state index contributed by atoms with van der Waals surface area (Å²) in [6.07, 6.45) is 1.88. The van der Waals surface area contributed by atoms with Gasteiger partial charge in [0.15, 0.2) is 0 Å². The fourth-order valence-corrected chi connectivity index (χ4v) is 4.69. The Morgan fingerprint density at radius 3 is 2.52 bits per heavy atom. The maximum Gasteiger partial charge on any atom is 0.280 e. The van der Waals surface area contributed by atoms with Crippen molar-refractivity contribution in [2.45, 2.75) is 26.3 Å². The fraction of sp³-hybridized carbons (Fsp3) is 0.250. The number of alkyl halides is 2. The maximum absolute atomic E-state index is 13.6. The number of aromatic nitrogens is 5. The third-order valence-corrected chi connectivity index (χ3v) is 6.76. The van der Waals surface area contributed by atoms with Gasteiger partial charge in [0.1, 0.15) is 21.4 Å². The molecule has 172 valence electrons. The van der Waals surface area contributed by atoms with E-state index in [1.807, 2.05) is 0 Å². The molecule has 0 aromatic carbocycles. The molecule has 0 fully saturated rings. The number of pyridine rings is 1. The van der Waals surface area contributed by atoms with Crippen molar-refractivity contribution in [1.29, 1.82) is 0 Å². The number of aryl methyl sites for hydroxylation is 1. The minimum Gasteiger partial charge on any atom is -0.365 e. The number of nitrogens with two attached hydrogens (primary N) is 1. The van der Waals surface area contributed by atoms with E-state index >= 15 is 0 Å². The maximum atomic E-state index is 13.6. The lowest BCUT2D eigenvalue weighted by Gasteiger charge is -2.14. The van der Waals surface area contributed by atoms with Gasteiger partial charge in [-0.2, -0.15) is 10.2 Å². The smallest absolute Gasteiger partial charge is 0.280 e. The predicted octanol–water partition coefficient (Wildman–Crippen LogP) is 4.20. The Bertz CT molecular complexity index is 1390. The molecule has 9 nitrogen and oxygen atoms in total. The number of rotatable bonds is 6. The van der Waals surface area contributed by atoms with E-state index in [-0.39, 0.29) is 15.4 Å². The molecule has 4 aromatic rings. The third-order valence-electron chi connectivity index (χ3n) is 5.25. The highest BCUT2D eigenvalue weighted by atomic mass is 79.9. The standard InChI is InChI=1S/C20H18BrF2N7O2S/c1-8-12(6-25-29(8)3)11-4-13(17(22)23)27-20-14(11)15(16(33-20)18(24)31)28-19(32)9(2)30-7-10(21)5-26-30/h4-7,9,17H,1-3H3,(H2,24,31)(H,28,32). The molecule has 2 amide bonds. The van der Waals surface area contributed by atoms with Crippen molar-refractivity contribution in [3.8, 4) is 11.1 Å². The Morgan fingerprint density at radius 2 is 1.97 bits per heavy atom. The highest BCUT2D eigenvalue weighted by Crippen LogP contribution is 2.43. The molecule has 0 spiro atoms. The number of carbonyl (C=O) groups is 2. The summed E-state index contributed by atoms with van der Waals surface area (Å²) < 4.78 is 31.0. The average molecular weight is 538 g/mol. The van der Waals surface area contributed by atoms with Crippen molar-refractivity contribution in [2.75, 3.05) is 5.32 Å². The second-order valence-corrected chi connectivity index (χ2v) is 9.23. The Hall–Kier alpha value is -3.19. The molecule has 4 aromatic heterocycles. The molecule has 1 unspecified atom stereocenters. The number of primary amides is 1. The van der Waals surface area contributed by atoms with Gasteiger partial charge in [0.2, 0.25) is 5.91 Å². The number of fused-ring (bicyclic) bond motifs is 1. The largest absolute Gasteiger partial charge is 0.365 e. The first-order valence-corrected chi connectivity index (χ1v) is 11.2. The van der Waals surface area contributed by atoms with Crippen molar-refractivity contribution >= 4 is 55.0 Å². The van der Waals surface area contributed by atoms with Gasteiger partial charge in [0, 0.05) is 29.9 Å². The number of carbonyl (C=O) groups excluding carboxylic acids is 2. The van der Waals surface area contributed by atoms with Crippen molar-refractivity contribution in [3.63, 3.8) is 0 Å². The lowest BCUT2D eigenvalue weighted by molar-refractivity contribution is -0.119. The quantitative estimate of drug-likeness (QED) is 0.381. The monoisotopic (exact) mass is 537 g/mol. The first kappa shape index (κ1) is 23.0. The van der Waals surface area contributed by atoms with Crippen molar-refractivity contribution < 1.29 is 18.4 Å². The number of nitrogens with one attached hydrogen (secondary N) is 1. The van der Waals surface area contributed by atoms with E-state index in [9.17, 15) is 18.4 Å². The van der Waals surface area contributed by atoms with Gasteiger partial charge < -0.3 is 11.1 Å². The molecule has 4 rings (SSSR count). The normalized spacial score (nSPS) is 12.5. The highest BCUT2D eigenvalue weighted by Gasteiger charge is 2.27. The van der Waals surface area contributed by atoms with E-state index in [1.165, 1.54) is 23.1 Å². The molecule has 0 bridgehead atoms. The van der Waals surface area contributed by atoms with Crippen LogP contribution >= 0.6 is 27.3 Å². The minimum absolute atomic E-state index is 0.00825. The van der Waals surface area contributed by atoms with E-state index in [4.69, 9.17) is 5.73 Å². The van der Waals surface area contributed by atoms with Crippen LogP contribution in [0, 0.1) is 6.92 Å². The number of nitrogens with zero attached hydrogens (tertiary/aromatic N) is 5. The molecule has 13 heteroatoms. The topological polar surface area (TPSA) is 121 Å². The SMILES string of the molecule is Cc1c(-c2cc(C(F)F)nc3sc(C(N)=O)c(NC(=O)C(C)n4cc(Br)cn4)c23)cnn1C. The van der Waals surface area contributed by atoms with Gasteiger partial charge in [-0.1, -0.05) is 0 Å². The first-order valence-electron chi connectivity index (χ1n) is 9.63.